The van der Waals surface area contributed by atoms with Gasteiger partial charge in [0.05, 0.1) is 11.6 Å². The number of oxime groups is 1. The third-order valence-electron chi connectivity index (χ3n) is 2.39. The summed E-state index contributed by atoms with van der Waals surface area (Å²) in [6.45, 7) is 4.27. The van der Waals surface area contributed by atoms with Crippen molar-refractivity contribution in [2.45, 2.75) is 6.54 Å². The lowest BCUT2D eigenvalue weighted by Crippen LogP contribution is -2.13. The van der Waals surface area contributed by atoms with Gasteiger partial charge < -0.3 is 4.84 Å². The molecule has 0 radical (unpaired) electrons. The fourth-order valence-corrected chi connectivity index (χ4v) is 2.04. The van der Waals surface area contributed by atoms with Crippen LogP contribution in [0.3, 0.4) is 0 Å². The molecule has 104 valence electrons. The highest BCUT2D eigenvalue weighted by molar-refractivity contribution is 6.37. The molecule has 0 saturated heterocycles. The van der Waals surface area contributed by atoms with E-state index in [1.807, 2.05) is 0 Å². The minimum atomic E-state index is 0.312. The van der Waals surface area contributed by atoms with Crippen LogP contribution in [0.15, 0.2) is 48.7 Å². The third-order valence-corrected chi connectivity index (χ3v) is 2.94. The van der Waals surface area contributed by atoms with Crippen LogP contribution in [0.2, 0.25) is 10.0 Å². The van der Waals surface area contributed by atoms with Gasteiger partial charge in [-0.25, -0.2) is 9.67 Å². The van der Waals surface area contributed by atoms with Gasteiger partial charge in [0.1, 0.15) is 25.0 Å². The highest BCUT2D eigenvalue weighted by Crippen LogP contribution is 2.22. The maximum atomic E-state index is 6.19. The summed E-state index contributed by atoms with van der Waals surface area (Å²) in [7, 11) is 0. The molecule has 1 aromatic carbocycles. The fourth-order valence-electron chi connectivity index (χ4n) is 1.52. The highest BCUT2D eigenvalue weighted by atomic mass is 35.5. The van der Waals surface area contributed by atoms with Crippen LogP contribution < -0.4 is 0 Å². The molecule has 0 aliphatic carbocycles. The molecule has 0 spiro atoms. The topological polar surface area (TPSA) is 52.3 Å². The van der Waals surface area contributed by atoms with Gasteiger partial charge in [-0.05, 0) is 18.2 Å². The van der Waals surface area contributed by atoms with Crippen molar-refractivity contribution in [1.29, 1.82) is 0 Å². The second-order valence-corrected chi connectivity index (χ2v) is 4.68. The van der Waals surface area contributed by atoms with Gasteiger partial charge in [0.15, 0.2) is 0 Å². The lowest BCUT2D eigenvalue weighted by Gasteiger charge is -2.08. The van der Waals surface area contributed by atoms with E-state index in [-0.39, 0.29) is 0 Å². The van der Waals surface area contributed by atoms with Gasteiger partial charge >= 0.3 is 0 Å². The molecule has 2 aromatic rings. The van der Waals surface area contributed by atoms with Crippen molar-refractivity contribution in [2.75, 3.05) is 6.61 Å². The number of hydrogen-bond acceptors (Lipinski definition) is 4. The lowest BCUT2D eigenvalue weighted by atomic mass is 10.1. The molecular formula is C13H12Cl2N4O. The number of rotatable bonds is 6. The van der Waals surface area contributed by atoms with Crippen LogP contribution in [0.25, 0.3) is 0 Å². The molecule has 0 aliphatic heterocycles. The smallest absolute Gasteiger partial charge is 0.137 e. The minimum absolute atomic E-state index is 0.312. The molecule has 0 unspecified atom stereocenters. The number of halogens is 2. The first kappa shape index (κ1) is 14.6. The molecular weight excluding hydrogens is 299 g/mol. The Bertz CT molecular complexity index is 611. The molecule has 5 nitrogen and oxygen atoms in total. The van der Waals surface area contributed by atoms with Crippen LogP contribution in [0.5, 0.6) is 0 Å². The molecule has 7 heteroatoms. The Morgan fingerprint density at radius 2 is 2.30 bits per heavy atom. The Labute approximate surface area is 126 Å². The second-order valence-electron chi connectivity index (χ2n) is 3.84. The summed E-state index contributed by atoms with van der Waals surface area (Å²) in [5, 5.41) is 9.17. The van der Waals surface area contributed by atoms with Gasteiger partial charge in [0, 0.05) is 10.6 Å². The van der Waals surface area contributed by atoms with E-state index in [0.717, 1.165) is 5.56 Å². The molecule has 2 rings (SSSR count). The molecule has 0 N–H and O–H groups in total. The Morgan fingerprint density at radius 3 is 2.95 bits per heavy atom. The highest BCUT2D eigenvalue weighted by Gasteiger charge is 2.11. The largest absolute Gasteiger partial charge is 0.391 e. The Kier molecular flexibility index (Phi) is 5.15. The van der Waals surface area contributed by atoms with Gasteiger partial charge in [-0.1, -0.05) is 41.0 Å². The standard InChI is InChI=1S/C13H12Cl2N4O/c1-2-5-20-18-13(7-19-9-16-8-17-19)11-4-3-10(14)6-12(11)15/h2-4,6,8-9H,1,5,7H2/b18-13-. The summed E-state index contributed by atoms with van der Waals surface area (Å²) < 4.78 is 1.63. The average molecular weight is 311 g/mol. The number of hydrogen-bond donors (Lipinski definition) is 0. The number of benzene rings is 1. The molecule has 0 aliphatic rings. The maximum absolute atomic E-state index is 6.19. The van der Waals surface area contributed by atoms with E-state index in [4.69, 9.17) is 28.0 Å². The van der Waals surface area contributed by atoms with Crippen molar-refractivity contribution < 1.29 is 4.84 Å². The number of nitrogens with zero attached hydrogens (tertiary/aromatic N) is 4. The number of aromatic nitrogens is 3. The first-order valence-corrected chi connectivity index (χ1v) is 6.54. The van der Waals surface area contributed by atoms with E-state index in [1.165, 1.54) is 6.33 Å². The molecule has 0 saturated carbocycles. The predicted molar refractivity (Wildman–Crippen MR) is 79.2 cm³/mol. The average Bonchev–Trinajstić information content (AvgIpc) is 2.91. The molecule has 1 heterocycles. The van der Waals surface area contributed by atoms with E-state index in [9.17, 15) is 0 Å². The van der Waals surface area contributed by atoms with Crippen molar-refractivity contribution >= 4 is 28.9 Å². The Balaban J connectivity index is 2.29. The lowest BCUT2D eigenvalue weighted by molar-refractivity contribution is 0.174. The molecule has 0 bridgehead atoms. The molecule has 0 atom stereocenters. The SMILES string of the molecule is C=CCO/N=C(/Cn1cncn1)c1ccc(Cl)cc1Cl. The van der Waals surface area contributed by atoms with E-state index < -0.39 is 0 Å². The van der Waals surface area contributed by atoms with Gasteiger partial charge in [0.2, 0.25) is 0 Å². The third kappa shape index (κ3) is 3.82. The van der Waals surface area contributed by atoms with Crippen molar-refractivity contribution in [3.63, 3.8) is 0 Å². The quantitative estimate of drug-likeness (QED) is 0.356. The van der Waals surface area contributed by atoms with E-state index in [0.29, 0.717) is 28.9 Å². The zero-order valence-corrected chi connectivity index (χ0v) is 12.1. The van der Waals surface area contributed by atoms with Crippen LogP contribution >= 0.6 is 23.2 Å². The molecule has 20 heavy (non-hydrogen) atoms. The first-order valence-electron chi connectivity index (χ1n) is 5.78. The maximum Gasteiger partial charge on any atom is 0.137 e. The summed E-state index contributed by atoms with van der Waals surface area (Å²) in [5.74, 6) is 0. The van der Waals surface area contributed by atoms with Gasteiger partial charge in [-0.3, -0.25) is 0 Å². The Hall–Kier alpha value is -1.85. The summed E-state index contributed by atoms with van der Waals surface area (Å²) in [4.78, 5) is 9.04. The Morgan fingerprint density at radius 1 is 1.45 bits per heavy atom. The van der Waals surface area contributed by atoms with Crippen LogP contribution in [0.1, 0.15) is 5.56 Å². The molecule has 0 amide bonds. The summed E-state index contributed by atoms with van der Waals surface area (Å²) in [6.07, 6.45) is 4.65. The summed E-state index contributed by atoms with van der Waals surface area (Å²) in [5.41, 5.74) is 1.36. The first-order chi connectivity index (χ1) is 9.70. The fraction of sp³-hybridized carbons (Fsp3) is 0.154. The van der Waals surface area contributed by atoms with E-state index >= 15 is 0 Å². The van der Waals surface area contributed by atoms with Gasteiger partial charge in [-0.15, -0.1) is 0 Å². The van der Waals surface area contributed by atoms with Crippen molar-refractivity contribution in [3.8, 4) is 0 Å². The summed E-state index contributed by atoms with van der Waals surface area (Å²) in [6, 6.07) is 5.19. The normalized spacial score (nSPS) is 11.4. The monoisotopic (exact) mass is 310 g/mol. The second kappa shape index (κ2) is 7.07. The zero-order valence-electron chi connectivity index (χ0n) is 10.5. The van der Waals surface area contributed by atoms with Crippen molar-refractivity contribution in [1.82, 2.24) is 14.8 Å². The molecule has 0 fully saturated rings. The van der Waals surface area contributed by atoms with Crippen LogP contribution in [-0.4, -0.2) is 27.1 Å². The van der Waals surface area contributed by atoms with Crippen molar-refractivity contribution in [3.05, 3.63) is 59.1 Å². The summed E-state index contributed by atoms with van der Waals surface area (Å²) >= 11 is 12.1. The van der Waals surface area contributed by atoms with Crippen LogP contribution in [0, 0.1) is 0 Å². The van der Waals surface area contributed by atoms with E-state index in [1.54, 1.807) is 35.3 Å². The van der Waals surface area contributed by atoms with Gasteiger partial charge in [-0.2, -0.15) is 5.10 Å². The van der Waals surface area contributed by atoms with E-state index in [2.05, 4.69) is 21.8 Å². The van der Waals surface area contributed by atoms with Gasteiger partial charge in [0.25, 0.3) is 0 Å². The zero-order chi connectivity index (χ0) is 14.4. The van der Waals surface area contributed by atoms with Crippen LogP contribution in [0.4, 0.5) is 0 Å². The van der Waals surface area contributed by atoms with Crippen molar-refractivity contribution in [2.24, 2.45) is 5.16 Å². The van der Waals surface area contributed by atoms with Crippen LogP contribution in [-0.2, 0) is 11.4 Å². The predicted octanol–water partition coefficient (Wildman–Crippen LogP) is 3.19. The molecule has 1 aromatic heterocycles. The minimum Gasteiger partial charge on any atom is -0.391 e.